The Morgan fingerprint density at radius 2 is 1.58 bits per heavy atom. The Morgan fingerprint density at radius 3 is 1.95 bits per heavy atom. The van der Waals surface area contributed by atoms with Gasteiger partial charge in [0.25, 0.3) is 0 Å². The summed E-state index contributed by atoms with van der Waals surface area (Å²) in [5.74, 6) is 0. The Hall–Kier alpha value is -0.945. The third-order valence-corrected chi connectivity index (χ3v) is 4.05. The number of hydrogen-bond donors (Lipinski definition) is 0. The molecule has 19 heavy (non-hydrogen) atoms. The molecule has 7 heteroatoms. The highest BCUT2D eigenvalue weighted by molar-refractivity contribution is 6.63. The zero-order valence-electron chi connectivity index (χ0n) is 12.1. The SMILES string of the molecule is Cc1nn(C(F)F)c(C)c1B1OC(C)(C)C(C)(C)O1. The van der Waals surface area contributed by atoms with Crippen molar-refractivity contribution in [1.29, 1.82) is 0 Å². The zero-order chi connectivity index (χ0) is 14.6. The van der Waals surface area contributed by atoms with Crippen molar-refractivity contribution in [1.82, 2.24) is 9.78 Å². The van der Waals surface area contributed by atoms with Crippen molar-refractivity contribution in [3.63, 3.8) is 0 Å². The molecule has 106 valence electrons. The maximum atomic E-state index is 12.8. The van der Waals surface area contributed by atoms with E-state index in [2.05, 4.69) is 5.10 Å². The van der Waals surface area contributed by atoms with Gasteiger partial charge in [0, 0.05) is 11.2 Å². The molecule has 0 amide bonds. The van der Waals surface area contributed by atoms with Crippen LogP contribution in [0.1, 0.15) is 45.6 Å². The normalized spacial score (nSPS) is 21.4. The molecule has 4 nitrogen and oxygen atoms in total. The van der Waals surface area contributed by atoms with Crippen molar-refractivity contribution in [2.24, 2.45) is 0 Å². The first-order valence-electron chi connectivity index (χ1n) is 6.26. The number of rotatable bonds is 2. The van der Waals surface area contributed by atoms with Gasteiger partial charge in [-0.05, 0) is 41.5 Å². The second kappa shape index (κ2) is 4.28. The first-order valence-corrected chi connectivity index (χ1v) is 6.26. The molecule has 0 saturated carbocycles. The van der Waals surface area contributed by atoms with E-state index in [1.807, 2.05) is 27.7 Å². The van der Waals surface area contributed by atoms with Crippen molar-refractivity contribution in [3.8, 4) is 0 Å². The van der Waals surface area contributed by atoms with Crippen LogP contribution in [-0.4, -0.2) is 28.1 Å². The average Bonchev–Trinajstić information content (AvgIpc) is 2.62. The molecular weight excluding hydrogens is 253 g/mol. The van der Waals surface area contributed by atoms with Crippen LogP contribution in [0, 0.1) is 13.8 Å². The summed E-state index contributed by atoms with van der Waals surface area (Å²) in [6, 6.07) is 0. The highest BCUT2D eigenvalue weighted by Crippen LogP contribution is 2.37. The fourth-order valence-electron chi connectivity index (χ4n) is 2.17. The van der Waals surface area contributed by atoms with E-state index in [9.17, 15) is 8.78 Å². The molecule has 1 aliphatic heterocycles. The lowest BCUT2D eigenvalue weighted by Gasteiger charge is -2.32. The van der Waals surface area contributed by atoms with Crippen LogP contribution in [0.15, 0.2) is 0 Å². The molecule has 1 aromatic heterocycles. The number of hydrogen-bond acceptors (Lipinski definition) is 3. The molecular formula is C12H19BF2N2O2. The lowest BCUT2D eigenvalue weighted by atomic mass is 9.77. The molecule has 1 saturated heterocycles. The van der Waals surface area contributed by atoms with Crippen molar-refractivity contribution in [2.45, 2.75) is 59.3 Å². The minimum Gasteiger partial charge on any atom is -0.399 e. The van der Waals surface area contributed by atoms with Gasteiger partial charge in [-0.15, -0.1) is 0 Å². The van der Waals surface area contributed by atoms with Gasteiger partial charge in [0.05, 0.1) is 16.9 Å². The number of aromatic nitrogens is 2. The maximum Gasteiger partial charge on any atom is 0.498 e. The van der Waals surface area contributed by atoms with Crippen molar-refractivity contribution in [3.05, 3.63) is 11.4 Å². The topological polar surface area (TPSA) is 36.3 Å². The smallest absolute Gasteiger partial charge is 0.399 e. The molecule has 0 aliphatic carbocycles. The Labute approximate surface area is 112 Å². The third kappa shape index (κ3) is 2.19. The highest BCUT2D eigenvalue weighted by Gasteiger charge is 2.53. The van der Waals surface area contributed by atoms with Crippen LogP contribution in [0.5, 0.6) is 0 Å². The quantitative estimate of drug-likeness (QED) is 0.774. The standard InChI is InChI=1S/C12H19BF2N2O2/c1-7-9(8(2)17(16-7)10(14)15)13-18-11(3,4)12(5,6)19-13/h10H,1-6H3. The molecule has 0 atom stereocenters. The van der Waals surface area contributed by atoms with Crippen LogP contribution >= 0.6 is 0 Å². The molecule has 1 aliphatic rings. The van der Waals surface area contributed by atoms with Gasteiger partial charge in [0.2, 0.25) is 0 Å². The summed E-state index contributed by atoms with van der Waals surface area (Å²) in [6.07, 6.45) is 0. The molecule has 1 fully saturated rings. The highest BCUT2D eigenvalue weighted by atomic mass is 19.3. The Balaban J connectivity index is 2.40. The number of alkyl halides is 2. The molecule has 0 spiro atoms. The summed E-state index contributed by atoms with van der Waals surface area (Å²) in [5, 5.41) is 3.86. The van der Waals surface area contributed by atoms with E-state index in [1.165, 1.54) is 0 Å². The van der Waals surface area contributed by atoms with Crippen molar-refractivity contribution < 1.29 is 18.1 Å². The van der Waals surface area contributed by atoms with E-state index >= 15 is 0 Å². The van der Waals surface area contributed by atoms with E-state index in [4.69, 9.17) is 9.31 Å². The molecule has 2 heterocycles. The maximum absolute atomic E-state index is 12.8. The van der Waals surface area contributed by atoms with Gasteiger partial charge in [-0.1, -0.05) is 0 Å². The van der Waals surface area contributed by atoms with Crippen LogP contribution in [0.2, 0.25) is 0 Å². The molecule has 0 bridgehead atoms. The molecule has 1 aromatic rings. The predicted octanol–water partition coefficient (Wildman–Crippen LogP) is 2.19. The van der Waals surface area contributed by atoms with Gasteiger partial charge in [-0.3, -0.25) is 0 Å². The van der Waals surface area contributed by atoms with Crippen LogP contribution < -0.4 is 5.46 Å². The minimum atomic E-state index is -2.66. The summed E-state index contributed by atoms with van der Waals surface area (Å²) in [6.45, 7) is 8.34. The monoisotopic (exact) mass is 272 g/mol. The largest absolute Gasteiger partial charge is 0.498 e. The van der Waals surface area contributed by atoms with E-state index in [0.29, 0.717) is 21.5 Å². The third-order valence-electron chi connectivity index (χ3n) is 4.05. The van der Waals surface area contributed by atoms with E-state index in [0.717, 1.165) is 0 Å². The second-order valence-electron chi connectivity index (χ2n) is 5.89. The van der Waals surface area contributed by atoms with Gasteiger partial charge < -0.3 is 9.31 Å². The molecule has 0 radical (unpaired) electrons. The van der Waals surface area contributed by atoms with Crippen LogP contribution in [-0.2, 0) is 9.31 Å². The van der Waals surface area contributed by atoms with Gasteiger partial charge in [0.15, 0.2) is 0 Å². The fourth-order valence-corrected chi connectivity index (χ4v) is 2.17. The van der Waals surface area contributed by atoms with Gasteiger partial charge in [0.1, 0.15) is 0 Å². The van der Waals surface area contributed by atoms with Crippen molar-refractivity contribution >= 4 is 12.6 Å². The lowest BCUT2D eigenvalue weighted by Crippen LogP contribution is -2.41. The van der Waals surface area contributed by atoms with E-state index < -0.39 is 24.9 Å². The minimum absolute atomic E-state index is 0.381. The molecule has 0 unspecified atom stereocenters. The Bertz CT molecular complexity index is 484. The predicted molar refractivity (Wildman–Crippen MR) is 68.7 cm³/mol. The number of nitrogens with zero attached hydrogens (tertiary/aromatic N) is 2. The summed E-state index contributed by atoms with van der Waals surface area (Å²) < 4.78 is 38.1. The molecule has 0 aromatic carbocycles. The fraction of sp³-hybridized carbons (Fsp3) is 0.750. The Morgan fingerprint density at radius 1 is 1.11 bits per heavy atom. The van der Waals surface area contributed by atoms with Crippen LogP contribution in [0.4, 0.5) is 8.78 Å². The Kier molecular flexibility index (Phi) is 3.26. The number of aryl methyl sites for hydroxylation is 1. The summed E-state index contributed by atoms with van der Waals surface area (Å²) in [7, 11) is -0.655. The first-order chi connectivity index (χ1) is 8.57. The lowest BCUT2D eigenvalue weighted by molar-refractivity contribution is 0.00578. The van der Waals surface area contributed by atoms with E-state index in [-0.39, 0.29) is 0 Å². The van der Waals surface area contributed by atoms with Crippen LogP contribution in [0.25, 0.3) is 0 Å². The average molecular weight is 272 g/mol. The summed E-state index contributed by atoms with van der Waals surface area (Å²) in [5.41, 5.74) is 0.494. The van der Waals surface area contributed by atoms with Gasteiger partial charge in [-0.2, -0.15) is 13.9 Å². The van der Waals surface area contributed by atoms with Gasteiger partial charge in [-0.25, -0.2) is 4.68 Å². The summed E-state index contributed by atoms with van der Waals surface area (Å²) >= 11 is 0. The molecule has 0 N–H and O–H groups in total. The van der Waals surface area contributed by atoms with Gasteiger partial charge >= 0.3 is 13.7 Å². The summed E-state index contributed by atoms with van der Waals surface area (Å²) in [4.78, 5) is 0. The second-order valence-corrected chi connectivity index (χ2v) is 5.89. The van der Waals surface area contributed by atoms with Crippen LogP contribution in [0.3, 0.4) is 0 Å². The van der Waals surface area contributed by atoms with Crippen molar-refractivity contribution in [2.75, 3.05) is 0 Å². The number of halogens is 2. The van der Waals surface area contributed by atoms with E-state index in [1.54, 1.807) is 13.8 Å². The zero-order valence-corrected chi connectivity index (χ0v) is 12.1. The molecule has 2 rings (SSSR count). The first kappa shape index (κ1) is 14.5.